The fourth-order valence-electron chi connectivity index (χ4n) is 0. The molecule has 0 aromatic rings. The molecule has 0 rings (SSSR count). The zero-order chi connectivity index (χ0) is 2.71. The van der Waals surface area contributed by atoms with Gasteiger partial charge in [0.25, 0.3) is 0 Å². The van der Waals surface area contributed by atoms with E-state index in [0.29, 0.717) is 0 Å². The van der Waals surface area contributed by atoms with Gasteiger partial charge in [0.15, 0.2) is 0 Å². The summed E-state index contributed by atoms with van der Waals surface area (Å²) in [6.07, 6.45) is 0. The van der Waals surface area contributed by atoms with Crippen LogP contribution in [0, 0.1) is 5.00 Å². The Morgan fingerprint density at radius 2 is 1.75 bits per heavy atom. The van der Waals surface area contributed by atoms with Gasteiger partial charge in [0.2, 0.25) is 0 Å². The monoisotopic (exact) mass is 96.9 g/mol. The van der Waals surface area contributed by atoms with E-state index in [4.69, 9.17) is 9.57 Å². The van der Waals surface area contributed by atoms with Gasteiger partial charge in [-0.15, -0.1) is 12.4 Å². The molecule has 24 valence electrons. The Morgan fingerprint density at radius 1 is 1.75 bits per heavy atom. The number of hydrogen-bond acceptors (Lipinski definition) is 2. The summed E-state index contributed by atoms with van der Waals surface area (Å²) in [5.74, 6) is 0. The second-order valence-corrected chi connectivity index (χ2v) is 0.245. The van der Waals surface area contributed by atoms with Crippen LogP contribution in [0.5, 0.6) is 0 Å². The molecular formula is HClNOP. The molecule has 0 N–H and O–H groups in total. The molecule has 0 saturated heterocycles. The van der Waals surface area contributed by atoms with Crippen molar-refractivity contribution in [3.05, 3.63) is 0 Å². The van der Waals surface area contributed by atoms with Crippen LogP contribution in [0.2, 0.25) is 0 Å². The van der Waals surface area contributed by atoms with E-state index in [1.54, 1.807) is 0 Å². The van der Waals surface area contributed by atoms with Crippen LogP contribution < -0.4 is 0 Å². The SMILES string of the molecule is Cl.N#P=O. The second kappa shape index (κ2) is 10.6. The first-order valence-electron chi connectivity index (χ1n) is 0.383. The molecule has 0 aromatic heterocycles. The first-order chi connectivity index (χ1) is 1.41. The van der Waals surface area contributed by atoms with E-state index in [1.165, 1.54) is 0 Å². The molecule has 0 saturated carbocycles. The van der Waals surface area contributed by atoms with Crippen LogP contribution in [-0.2, 0) is 4.57 Å². The van der Waals surface area contributed by atoms with Crippen LogP contribution in [0.1, 0.15) is 0 Å². The quantitative estimate of drug-likeness (QED) is 0.426. The Hall–Kier alpha value is 0.230. The van der Waals surface area contributed by atoms with Crippen molar-refractivity contribution in [2.75, 3.05) is 0 Å². The minimum absolute atomic E-state index is 0. The topological polar surface area (TPSA) is 40.9 Å². The zero-order valence-corrected chi connectivity index (χ0v) is 3.42. The number of halogens is 1. The summed E-state index contributed by atoms with van der Waals surface area (Å²) in [7, 11) is -0.833. The fraction of sp³-hybridized carbons (Fsp3) is 0. The molecule has 0 atom stereocenters. The van der Waals surface area contributed by atoms with Crippen molar-refractivity contribution >= 4 is 20.5 Å². The van der Waals surface area contributed by atoms with Gasteiger partial charge >= 0.3 is 17.7 Å². The minimum atomic E-state index is -0.833. The van der Waals surface area contributed by atoms with Gasteiger partial charge in [0.1, 0.15) is 0 Å². The Labute approximate surface area is 31.0 Å². The normalized spacial score (nSPS) is 2.75. The van der Waals surface area contributed by atoms with Crippen molar-refractivity contribution < 1.29 is 4.57 Å². The van der Waals surface area contributed by atoms with Crippen LogP contribution >= 0.6 is 20.5 Å². The molecule has 4 heavy (non-hydrogen) atoms. The van der Waals surface area contributed by atoms with Crippen LogP contribution in [0.15, 0.2) is 0 Å². The third kappa shape index (κ3) is 63.8. The molecule has 0 spiro atoms. The molecule has 0 fully saturated rings. The number of rotatable bonds is 0. The molecule has 0 heterocycles. The van der Waals surface area contributed by atoms with Crippen LogP contribution in [0.4, 0.5) is 0 Å². The molecule has 0 aliphatic carbocycles. The fourth-order valence-corrected chi connectivity index (χ4v) is 0. The average molecular weight is 97.4 g/mol. The van der Waals surface area contributed by atoms with Crippen molar-refractivity contribution in [2.24, 2.45) is 0 Å². The van der Waals surface area contributed by atoms with Crippen molar-refractivity contribution in [3.8, 4) is 0 Å². The summed E-state index contributed by atoms with van der Waals surface area (Å²) in [6.45, 7) is 0. The third-order valence-electron chi connectivity index (χ3n) is 0. The Bertz CT molecular complexity index is 54.2. The standard InChI is InChI=1S/ClH.NOP/c;1-3-2/h1H;. The van der Waals surface area contributed by atoms with Gasteiger partial charge in [-0.3, -0.25) is 0 Å². The number of nitrogens with zero attached hydrogens (tertiary/aromatic N) is 1. The summed E-state index contributed by atoms with van der Waals surface area (Å²) in [5.41, 5.74) is 0. The number of hydrogen-bond donors (Lipinski definition) is 0. The molecule has 0 radical (unpaired) electrons. The summed E-state index contributed by atoms with van der Waals surface area (Å²) in [4.78, 5) is 0. The van der Waals surface area contributed by atoms with E-state index in [-0.39, 0.29) is 12.4 Å². The van der Waals surface area contributed by atoms with Gasteiger partial charge < -0.3 is 0 Å². The van der Waals surface area contributed by atoms with Gasteiger partial charge in [-0.05, 0) is 0 Å². The molecule has 0 unspecified atom stereocenters. The summed E-state index contributed by atoms with van der Waals surface area (Å²) >= 11 is 0. The third-order valence-corrected chi connectivity index (χ3v) is 0. The predicted molar refractivity (Wildman–Crippen MR) is 16.6 cm³/mol. The van der Waals surface area contributed by atoms with Gasteiger partial charge in [0, 0.05) is 0 Å². The van der Waals surface area contributed by atoms with E-state index >= 15 is 0 Å². The molecule has 0 amide bonds. The van der Waals surface area contributed by atoms with Crippen LogP contribution in [0.25, 0.3) is 0 Å². The summed E-state index contributed by atoms with van der Waals surface area (Å²) < 4.78 is 8.46. The maximum atomic E-state index is 8.46. The molecule has 4 heteroatoms. The van der Waals surface area contributed by atoms with Gasteiger partial charge in [0.05, 0.1) is 0 Å². The van der Waals surface area contributed by atoms with Crippen molar-refractivity contribution in [1.82, 2.24) is 0 Å². The summed E-state index contributed by atoms with van der Waals surface area (Å²) in [6, 6.07) is 0. The average Bonchev–Trinajstić information content (AvgIpc) is 0.918. The molecule has 2 nitrogen and oxygen atoms in total. The molecule has 0 aromatic carbocycles. The van der Waals surface area contributed by atoms with E-state index in [2.05, 4.69) is 0 Å². The first kappa shape index (κ1) is 8.87. The van der Waals surface area contributed by atoms with Crippen molar-refractivity contribution in [2.45, 2.75) is 0 Å². The first-order valence-corrected chi connectivity index (χ1v) is 1.15. The molecule has 0 bridgehead atoms. The second-order valence-electron chi connectivity index (χ2n) is 0.0816. The van der Waals surface area contributed by atoms with Crippen LogP contribution in [0.3, 0.4) is 0 Å². The molecule has 0 aliphatic heterocycles. The predicted octanol–water partition coefficient (Wildman–Crippen LogP) is 1.18. The van der Waals surface area contributed by atoms with E-state index < -0.39 is 8.10 Å². The van der Waals surface area contributed by atoms with Gasteiger partial charge in [-0.1, -0.05) is 0 Å². The molecular weight excluding hydrogens is 96.4 g/mol. The summed E-state index contributed by atoms with van der Waals surface area (Å²) in [5, 5.41) is 6.99. The zero-order valence-electron chi connectivity index (χ0n) is 1.71. The van der Waals surface area contributed by atoms with Gasteiger partial charge in [-0.25, -0.2) is 0 Å². The van der Waals surface area contributed by atoms with Crippen molar-refractivity contribution in [1.29, 1.82) is 5.00 Å². The van der Waals surface area contributed by atoms with E-state index in [1.807, 2.05) is 0 Å². The Kier molecular flexibility index (Phi) is 23.6. The van der Waals surface area contributed by atoms with Gasteiger partial charge in [-0.2, -0.15) is 0 Å². The van der Waals surface area contributed by atoms with E-state index in [0.717, 1.165) is 0 Å². The van der Waals surface area contributed by atoms with E-state index in [9.17, 15) is 0 Å². The maximum absolute atomic E-state index is 8.46. The molecule has 0 aliphatic rings. The van der Waals surface area contributed by atoms with Crippen LogP contribution in [-0.4, -0.2) is 0 Å². The Morgan fingerprint density at radius 3 is 1.75 bits per heavy atom. The Balaban J connectivity index is 0. The van der Waals surface area contributed by atoms with Crippen molar-refractivity contribution in [3.63, 3.8) is 0 Å².